The van der Waals surface area contributed by atoms with Crippen LogP contribution >= 0.6 is 0 Å². The first-order chi connectivity index (χ1) is 6.19. The average Bonchev–Trinajstić information content (AvgIpc) is 2.11. The van der Waals surface area contributed by atoms with Crippen LogP contribution < -0.4 is 0 Å². The van der Waals surface area contributed by atoms with Crippen LogP contribution in [0.2, 0.25) is 0 Å². The molecule has 1 atom stereocenters. The minimum absolute atomic E-state index is 0.649. The Hall–Kier alpha value is -0.720. The molecule has 0 fully saturated rings. The van der Waals surface area contributed by atoms with Gasteiger partial charge < -0.3 is 4.74 Å². The summed E-state index contributed by atoms with van der Waals surface area (Å²) in [6.07, 6.45) is 5.72. The zero-order valence-electron chi connectivity index (χ0n) is 9.18. The molecule has 1 nitrogen and oxygen atoms in total. The van der Waals surface area contributed by atoms with Gasteiger partial charge in [0.05, 0.1) is 12.9 Å². The fourth-order valence-electron chi connectivity index (χ4n) is 1.76. The third-order valence-corrected chi connectivity index (χ3v) is 2.79. The Kier molecular flexibility index (Phi) is 3.58. The Labute approximate surface area is 81.5 Å². The van der Waals surface area contributed by atoms with E-state index in [0.717, 1.165) is 12.8 Å². The summed E-state index contributed by atoms with van der Waals surface area (Å²) in [7, 11) is 1.78. The van der Waals surface area contributed by atoms with Crippen LogP contribution in [-0.2, 0) is 4.74 Å². The number of ether oxygens (including phenoxy) is 1. The molecular weight excluding hydrogens is 160 g/mol. The second-order valence-corrected chi connectivity index (χ2v) is 3.90. The molecule has 0 amide bonds. The predicted molar refractivity (Wildman–Crippen MR) is 56.5 cm³/mol. The van der Waals surface area contributed by atoms with Crippen molar-refractivity contribution in [3.8, 4) is 0 Å². The second-order valence-electron chi connectivity index (χ2n) is 3.90. The third-order valence-electron chi connectivity index (χ3n) is 2.79. The average molecular weight is 180 g/mol. The van der Waals surface area contributed by atoms with Gasteiger partial charge >= 0.3 is 0 Å². The molecule has 1 heteroatoms. The van der Waals surface area contributed by atoms with E-state index in [1.54, 1.807) is 7.11 Å². The van der Waals surface area contributed by atoms with Gasteiger partial charge in [0.1, 0.15) is 0 Å². The van der Waals surface area contributed by atoms with Crippen molar-refractivity contribution in [1.82, 2.24) is 0 Å². The smallest absolute Gasteiger partial charge is 0.0993 e. The lowest BCUT2D eigenvalue weighted by molar-refractivity contribution is 0.259. The van der Waals surface area contributed by atoms with E-state index in [1.165, 1.54) is 23.3 Å². The maximum absolute atomic E-state index is 5.41. The normalized spacial score (nSPS) is 23.1. The van der Waals surface area contributed by atoms with Crippen LogP contribution in [0.25, 0.3) is 0 Å². The molecule has 0 radical (unpaired) electrons. The van der Waals surface area contributed by atoms with E-state index in [2.05, 4.69) is 26.8 Å². The Morgan fingerprint density at radius 2 is 2.23 bits per heavy atom. The standard InChI is InChI=1S/C12H20O/c1-5-6-11-7-9(2)10(3)8-12(11)13-4/h7,10H,5-6,8H2,1-4H3. The Bertz CT molecular complexity index is 236. The van der Waals surface area contributed by atoms with E-state index in [-0.39, 0.29) is 0 Å². The molecule has 0 spiro atoms. The lowest BCUT2D eigenvalue weighted by atomic mass is 9.88. The van der Waals surface area contributed by atoms with Crippen molar-refractivity contribution in [2.24, 2.45) is 5.92 Å². The van der Waals surface area contributed by atoms with Gasteiger partial charge in [0.25, 0.3) is 0 Å². The molecule has 0 aliphatic heterocycles. The molecule has 0 aromatic heterocycles. The van der Waals surface area contributed by atoms with Crippen molar-refractivity contribution < 1.29 is 4.74 Å². The molecule has 74 valence electrons. The van der Waals surface area contributed by atoms with Gasteiger partial charge in [-0.2, -0.15) is 0 Å². The topological polar surface area (TPSA) is 9.23 Å². The quantitative estimate of drug-likeness (QED) is 0.644. The van der Waals surface area contributed by atoms with Crippen molar-refractivity contribution in [3.63, 3.8) is 0 Å². The number of rotatable bonds is 3. The molecule has 1 unspecified atom stereocenters. The van der Waals surface area contributed by atoms with Crippen LogP contribution in [0, 0.1) is 5.92 Å². The summed E-state index contributed by atoms with van der Waals surface area (Å²) < 4.78 is 5.41. The van der Waals surface area contributed by atoms with Crippen molar-refractivity contribution in [2.45, 2.75) is 40.0 Å². The van der Waals surface area contributed by atoms with Crippen molar-refractivity contribution in [3.05, 3.63) is 23.0 Å². The molecule has 0 saturated carbocycles. The number of allylic oxidation sites excluding steroid dienone is 4. The summed E-state index contributed by atoms with van der Waals surface area (Å²) in [6, 6.07) is 0. The molecule has 1 aliphatic rings. The summed E-state index contributed by atoms with van der Waals surface area (Å²) in [5, 5.41) is 0. The van der Waals surface area contributed by atoms with E-state index in [4.69, 9.17) is 4.74 Å². The summed E-state index contributed by atoms with van der Waals surface area (Å²) in [5.41, 5.74) is 2.89. The Morgan fingerprint density at radius 1 is 1.54 bits per heavy atom. The zero-order valence-corrected chi connectivity index (χ0v) is 9.18. The predicted octanol–water partition coefficient (Wildman–Crippen LogP) is 3.67. The fraction of sp³-hybridized carbons (Fsp3) is 0.667. The molecule has 1 rings (SSSR count). The molecule has 1 aliphatic carbocycles. The molecule has 0 N–H and O–H groups in total. The second kappa shape index (κ2) is 4.50. The minimum Gasteiger partial charge on any atom is -0.501 e. The SMILES string of the molecule is CCCC1=C(OC)CC(C)C(C)=C1. The minimum atomic E-state index is 0.649. The van der Waals surface area contributed by atoms with Gasteiger partial charge in [-0.15, -0.1) is 0 Å². The summed E-state index contributed by atoms with van der Waals surface area (Å²) in [6.45, 7) is 6.68. The summed E-state index contributed by atoms with van der Waals surface area (Å²) in [5.74, 6) is 1.84. The van der Waals surface area contributed by atoms with Gasteiger partial charge in [0.2, 0.25) is 0 Å². The number of hydrogen-bond acceptors (Lipinski definition) is 1. The van der Waals surface area contributed by atoms with Gasteiger partial charge in [0.15, 0.2) is 0 Å². The molecular formula is C12H20O. The highest BCUT2D eigenvalue weighted by Crippen LogP contribution is 2.30. The largest absolute Gasteiger partial charge is 0.501 e. The Balaban J connectivity index is 2.85. The van der Waals surface area contributed by atoms with Crippen molar-refractivity contribution in [1.29, 1.82) is 0 Å². The Morgan fingerprint density at radius 3 is 2.77 bits per heavy atom. The maximum atomic E-state index is 5.41. The summed E-state index contributed by atoms with van der Waals surface area (Å²) >= 11 is 0. The van der Waals surface area contributed by atoms with Crippen LogP contribution in [0.1, 0.15) is 40.0 Å². The molecule has 0 aromatic rings. The molecule has 13 heavy (non-hydrogen) atoms. The summed E-state index contributed by atoms with van der Waals surface area (Å²) in [4.78, 5) is 0. The zero-order chi connectivity index (χ0) is 9.84. The first-order valence-corrected chi connectivity index (χ1v) is 5.13. The number of hydrogen-bond donors (Lipinski definition) is 0. The first kappa shape index (κ1) is 10.4. The molecule has 0 heterocycles. The number of methoxy groups -OCH3 is 1. The van der Waals surface area contributed by atoms with Gasteiger partial charge in [-0.25, -0.2) is 0 Å². The lowest BCUT2D eigenvalue weighted by Gasteiger charge is -2.22. The van der Waals surface area contributed by atoms with Crippen LogP contribution in [0.15, 0.2) is 23.0 Å². The van der Waals surface area contributed by atoms with Crippen molar-refractivity contribution >= 4 is 0 Å². The molecule has 0 bridgehead atoms. The van der Waals surface area contributed by atoms with E-state index < -0.39 is 0 Å². The lowest BCUT2D eigenvalue weighted by Crippen LogP contribution is -2.08. The van der Waals surface area contributed by atoms with E-state index in [0.29, 0.717) is 5.92 Å². The third kappa shape index (κ3) is 2.36. The molecule has 0 aromatic carbocycles. The highest BCUT2D eigenvalue weighted by Gasteiger charge is 2.16. The van der Waals surface area contributed by atoms with Crippen LogP contribution in [0.5, 0.6) is 0 Å². The monoisotopic (exact) mass is 180 g/mol. The molecule has 0 saturated heterocycles. The van der Waals surface area contributed by atoms with Crippen LogP contribution in [0.4, 0.5) is 0 Å². The van der Waals surface area contributed by atoms with Gasteiger partial charge in [-0.3, -0.25) is 0 Å². The van der Waals surface area contributed by atoms with E-state index in [9.17, 15) is 0 Å². The van der Waals surface area contributed by atoms with Crippen molar-refractivity contribution in [2.75, 3.05) is 7.11 Å². The van der Waals surface area contributed by atoms with Crippen LogP contribution in [-0.4, -0.2) is 7.11 Å². The maximum Gasteiger partial charge on any atom is 0.0993 e. The first-order valence-electron chi connectivity index (χ1n) is 5.13. The van der Waals surface area contributed by atoms with Crippen LogP contribution in [0.3, 0.4) is 0 Å². The highest BCUT2D eigenvalue weighted by molar-refractivity contribution is 5.31. The van der Waals surface area contributed by atoms with Gasteiger partial charge in [-0.1, -0.05) is 31.9 Å². The van der Waals surface area contributed by atoms with Gasteiger partial charge in [0, 0.05) is 6.42 Å². The fourth-order valence-corrected chi connectivity index (χ4v) is 1.76. The van der Waals surface area contributed by atoms with E-state index >= 15 is 0 Å². The van der Waals surface area contributed by atoms with E-state index in [1.807, 2.05) is 0 Å². The highest BCUT2D eigenvalue weighted by atomic mass is 16.5. The van der Waals surface area contributed by atoms with Gasteiger partial charge in [-0.05, 0) is 24.8 Å².